The number of hydrogen-bond acceptors (Lipinski definition) is 4. The van der Waals surface area contributed by atoms with Crippen molar-refractivity contribution in [2.75, 3.05) is 11.5 Å². The highest BCUT2D eigenvalue weighted by Crippen LogP contribution is 2.38. The number of anilines is 2. The third kappa shape index (κ3) is 4.28. The summed E-state index contributed by atoms with van der Waals surface area (Å²) >= 11 is 0. The summed E-state index contributed by atoms with van der Waals surface area (Å²) in [7, 11) is 0. The van der Waals surface area contributed by atoms with Crippen LogP contribution in [0.4, 0.5) is 11.4 Å². The molecule has 0 spiro atoms. The maximum Gasteiger partial charge on any atom is 0.170 e. The Hall–Kier alpha value is -3.14. The number of nitrogens with two attached hydrogens (primary N) is 2. The fraction of sp³-hybridized carbons (Fsp3) is 0.182. The highest BCUT2D eigenvalue weighted by molar-refractivity contribution is 5.51. The van der Waals surface area contributed by atoms with Gasteiger partial charge in [-0.25, -0.2) is 0 Å². The van der Waals surface area contributed by atoms with Crippen LogP contribution >= 0.6 is 0 Å². The Balaban J connectivity index is 1.96. The summed E-state index contributed by atoms with van der Waals surface area (Å²) in [5.41, 5.74) is 14.0. The molecule has 0 unspecified atom stereocenters. The second kappa shape index (κ2) is 7.00. The lowest BCUT2D eigenvalue weighted by molar-refractivity contribution is 0.416. The molecule has 0 amide bonds. The lowest BCUT2D eigenvalue weighted by Gasteiger charge is -2.21. The molecule has 0 saturated heterocycles. The Morgan fingerprint density at radius 3 is 1.54 bits per heavy atom. The number of hydrogen-bond donors (Lipinski definition) is 2. The number of nitrogen functional groups attached to an aromatic ring is 2. The smallest absolute Gasteiger partial charge is 0.170 e. The van der Waals surface area contributed by atoms with E-state index in [-0.39, 0.29) is 5.41 Å². The van der Waals surface area contributed by atoms with E-state index in [0.29, 0.717) is 34.4 Å². The predicted octanol–water partition coefficient (Wildman–Crippen LogP) is 5.73. The van der Waals surface area contributed by atoms with Gasteiger partial charge in [0.15, 0.2) is 11.5 Å². The van der Waals surface area contributed by atoms with E-state index < -0.39 is 0 Å². The lowest BCUT2D eigenvalue weighted by Crippen LogP contribution is -2.11. The van der Waals surface area contributed by atoms with E-state index in [0.717, 1.165) is 5.56 Å². The third-order valence-electron chi connectivity index (χ3n) is 4.03. The Bertz CT molecular complexity index is 880. The molecule has 4 heteroatoms. The summed E-state index contributed by atoms with van der Waals surface area (Å²) in [6.07, 6.45) is 0. The Morgan fingerprint density at radius 2 is 1.08 bits per heavy atom. The maximum absolute atomic E-state index is 6.09. The van der Waals surface area contributed by atoms with Crippen LogP contribution in [0.5, 0.6) is 23.0 Å². The van der Waals surface area contributed by atoms with Crippen molar-refractivity contribution in [2.45, 2.75) is 26.2 Å². The van der Waals surface area contributed by atoms with Crippen molar-refractivity contribution in [3.8, 4) is 23.0 Å². The lowest BCUT2D eigenvalue weighted by atomic mass is 9.87. The first-order valence-corrected chi connectivity index (χ1v) is 8.52. The molecule has 4 N–H and O–H groups in total. The van der Waals surface area contributed by atoms with Crippen molar-refractivity contribution in [1.29, 1.82) is 0 Å². The van der Waals surface area contributed by atoms with Crippen LogP contribution in [0.1, 0.15) is 26.3 Å². The first-order valence-electron chi connectivity index (χ1n) is 8.52. The van der Waals surface area contributed by atoms with Gasteiger partial charge in [0.2, 0.25) is 0 Å². The molecule has 3 aromatic rings. The molecule has 0 saturated carbocycles. The van der Waals surface area contributed by atoms with Gasteiger partial charge in [0.25, 0.3) is 0 Å². The van der Waals surface area contributed by atoms with Gasteiger partial charge in [-0.3, -0.25) is 0 Å². The number of rotatable bonds is 4. The molecule has 0 atom stereocenters. The van der Waals surface area contributed by atoms with Crippen LogP contribution in [0.25, 0.3) is 0 Å². The Labute approximate surface area is 154 Å². The number of benzene rings is 3. The van der Waals surface area contributed by atoms with Gasteiger partial charge in [0, 0.05) is 11.4 Å². The van der Waals surface area contributed by atoms with Crippen LogP contribution in [0.3, 0.4) is 0 Å². The van der Waals surface area contributed by atoms with Gasteiger partial charge >= 0.3 is 0 Å². The van der Waals surface area contributed by atoms with Gasteiger partial charge in [-0.05, 0) is 71.6 Å². The Kier molecular flexibility index (Phi) is 4.76. The van der Waals surface area contributed by atoms with Crippen molar-refractivity contribution in [3.63, 3.8) is 0 Å². The molecular weight excluding hydrogens is 324 g/mol. The molecule has 0 aliphatic heterocycles. The van der Waals surface area contributed by atoms with Gasteiger partial charge in [-0.15, -0.1) is 0 Å². The van der Waals surface area contributed by atoms with E-state index in [1.54, 1.807) is 12.1 Å². The minimum Gasteiger partial charge on any atom is -0.453 e. The van der Waals surface area contributed by atoms with Crippen LogP contribution in [0.2, 0.25) is 0 Å². The highest BCUT2D eigenvalue weighted by atomic mass is 16.5. The third-order valence-corrected chi connectivity index (χ3v) is 4.03. The van der Waals surface area contributed by atoms with E-state index in [1.807, 2.05) is 48.5 Å². The Morgan fingerprint density at radius 1 is 0.615 bits per heavy atom. The number of ether oxygens (including phenoxy) is 2. The maximum atomic E-state index is 6.09. The van der Waals surface area contributed by atoms with E-state index in [9.17, 15) is 0 Å². The van der Waals surface area contributed by atoms with Crippen LogP contribution < -0.4 is 20.9 Å². The summed E-state index contributed by atoms with van der Waals surface area (Å²) in [6.45, 7) is 6.49. The fourth-order valence-electron chi connectivity index (χ4n) is 2.46. The second-order valence-corrected chi connectivity index (χ2v) is 7.25. The molecule has 134 valence electrons. The van der Waals surface area contributed by atoms with Crippen molar-refractivity contribution < 1.29 is 9.47 Å². The van der Waals surface area contributed by atoms with Crippen molar-refractivity contribution >= 4 is 11.4 Å². The van der Waals surface area contributed by atoms with Crippen molar-refractivity contribution in [2.24, 2.45) is 0 Å². The van der Waals surface area contributed by atoms with Gasteiger partial charge in [-0.1, -0.05) is 26.8 Å². The molecule has 3 rings (SSSR count). The minimum absolute atomic E-state index is 0.00104. The topological polar surface area (TPSA) is 70.5 Å². The van der Waals surface area contributed by atoms with E-state index in [1.165, 1.54) is 0 Å². The summed E-state index contributed by atoms with van der Waals surface area (Å²) in [5, 5.41) is 0. The molecule has 3 aromatic carbocycles. The minimum atomic E-state index is -0.00104. The average molecular weight is 348 g/mol. The molecule has 0 aromatic heterocycles. The van der Waals surface area contributed by atoms with Crippen LogP contribution in [0, 0.1) is 0 Å². The molecule has 0 bridgehead atoms. The first-order chi connectivity index (χ1) is 12.3. The molecule has 0 fully saturated rings. The van der Waals surface area contributed by atoms with E-state index in [4.69, 9.17) is 20.9 Å². The summed E-state index contributed by atoms with van der Waals surface area (Å²) in [5.74, 6) is 2.69. The zero-order chi connectivity index (χ0) is 18.7. The van der Waals surface area contributed by atoms with E-state index >= 15 is 0 Å². The van der Waals surface area contributed by atoms with Gasteiger partial charge in [0.1, 0.15) is 11.5 Å². The highest BCUT2D eigenvalue weighted by Gasteiger charge is 2.17. The summed E-state index contributed by atoms with van der Waals surface area (Å²) < 4.78 is 12.1. The zero-order valence-corrected chi connectivity index (χ0v) is 15.3. The molecule has 0 aliphatic rings. The van der Waals surface area contributed by atoms with Gasteiger partial charge in [0.05, 0.1) is 0 Å². The fourth-order valence-corrected chi connectivity index (χ4v) is 2.46. The largest absolute Gasteiger partial charge is 0.453 e. The molecule has 0 radical (unpaired) electrons. The van der Waals surface area contributed by atoms with Gasteiger partial charge in [-0.2, -0.15) is 0 Å². The molecule has 0 heterocycles. The quantitative estimate of drug-likeness (QED) is 0.590. The van der Waals surface area contributed by atoms with Crippen molar-refractivity contribution in [1.82, 2.24) is 0 Å². The summed E-state index contributed by atoms with van der Waals surface area (Å²) in [4.78, 5) is 0. The average Bonchev–Trinajstić information content (AvgIpc) is 2.59. The van der Waals surface area contributed by atoms with Crippen molar-refractivity contribution in [3.05, 3.63) is 72.3 Å². The predicted molar refractivity (Wildman–Crippen MR) is 107 cm³/mol. The monoisotopic (exact) mass is 348 g/mol. The molecule has 26 heavy (non-hydrogen) atoms. The van der Waals surface area contributed by atoms with Crippen LogP contribution in [-0.2, 0) is 5.41 Å². The summed E-state index contributed by atoms with van der Waals surface area (Å²) in [6, 6.07) is 20.6. The molecular formula is C22H24N2O2. The van der Waals surface area contributed by atoms with E-state index in [2.05, 4.69) is 26.8 Å². The second-order valence-electron chi connectivity index (χ2n) is 7.25. The molecule has 0 aliphatic carbocycles. The van der Waals surface area contributed by atoms with Gasteiger partial charge < -0.3 is 20.9 Å². The van der Waals surface area contributed by atoms with Crippen LogP contribution in [-0.4, -0.2) is 0 Å². The molecule has 4 nitrogen and oxygen atoms in total. The standard InChI is InChI=1S/C22H24N2O2/c1-22(2,3)15-4-13-20(25-18-9-5-16(23)6-10-18)21(14-15)26-19-11-7-17(24)8-12-19/h4-14H,23-24H2,1-3H3. The first kappa shape index (κ1) is 17.7. The van der Waals surface area contributed by atoms with Crippen LogP contribution in [0.15, 0.2) is 66.7 Å². The zero-order valence-electron chi connectivity index (χ0n) is 15.3. The SMILES string of the molecule is CC(C)(C)c1ccc(Oc2ccc(N)cc2)c(Oc2ccc(N)cc2)c1. The normalized spacial score (nSPS) is 11.2.